The van der Waals surface area contributed by atoms with E-state index in [9.17, 15) is 13.2 Å². The average molecular weight is 335 g/mol. The molecule has 3 rings (SSSR count). The van der Waals surface area contributed by atoms with E-state index in [-0.39, 0.29) is 11.7 Å². The van der Waals surface area contributed by atoms with Gasteiger partial charge < -0.3 is 0 Å². The average Bonchev–Trinajstić information content (AvgIpc) is 2.57. The summed E-state index contributed by atoms with van der Waals surface area (Å²) in [6.45, 7) is 1.59. The highest BCUT2D eigenvalue weighted by atomic mass is 32.2. The highest BCUT2D eigenvalue weighted by Gasteiger charge is 2.35. The van der Waals surface area contributed by atoms with E-state index in [1.54, 1.807) is 24.3 Å². The molecule has 4 nitrogen and oxygen atoms in total. The summed E-state index contributed by atoms with van der Waals surface area (Å²) in [5.41, 5.74) is 0. The minimum atomic E-state index is -3.24. The molecule has 2 aliphatic rings. The molecule has 1 saturated carbocycles. The predicted molar refractivity (Wildman–Crippen MR) is 90.1 cm³/mol. The van der Waals surface area contributed by atoms with Crippen molar-refractivity contribution in [3.8, 4) is 0 Å². The lowest BCUT2D eigenvalue weighted by Gasteiger charge is -2.41. The molecular weight excluding hydrogens is 310 g/mol. The smallest absolute Gasteiger partial charge is 0.178 e. The zero-order valence-corrected chi connectivity index (χ0v) is 14.3. The van der Waals surface area contributed by atoms with Gasteiger partial charge in [-0.3, -0.25) is 9.69 Å². The van der Waals surface area contributed by atoms with Gasteiger partial charge >= 0.3 is 0 Å². The second kappa shape index (κ2) is 7.14. The number of nitrogens with zero attached hydrogens (tertiary/aromatic N) is 1. The quantitative estimate of drug-likeness (QED) is 0.849. The van der Waals surface area contributed by atoms with Crippen molar-refractivity contribution in [1.29, 1.82) is 0 Å². The van der Waals surface area contributed by atoms with Crippen LogP contribution in [0.3, 0.4) is 0 Å². The topological polar surface area (TPSA) is 54.5 Å². The highest BCUT2D eigenvalue weighted by Crippen LogP contribution is 2.32. The Morgan fingerprint density at radius 3 is 2.35 bits per heavy atom. The summed E-state index contributed by atoms with van der Waals surface area (Å²) >= 11 is 0. The maximum absolute atomic E-state index is 12.7. The van der Waals surface area contributed by atoms with Crippen LogP contribution in [0.15, 0.2) is 35.2 Å². The van der Waals surface area contributed by atoms with Gasteiger partial charge in [0.2, 0.25) is 0 Å². The van der Waals surface area contributed by atoms with Gasteiger partial charge in [-0.25, -0.2) is 8.42 Å². The third kappa shape index (κ3) is 4.01. The Morgan fingerprint density at radius 2 is 1.65 bits per heavy atom. The van der Waals surface area contributed by atoms with Gasteiger partial charge in [-0.15, -0.1) is 0 Å². The normalized spacial score (nSPS) is 27.0. The Morgan fingerprint density at radius 1 is 1.00 bits per heavy atom. The van der Waals surface area contributed by atoms with Gasteiger partial charge in [0, 0.05) is 32.0 Å². The first-order chi connectivity index (χ1) is 11.1. The first-order valence-electron chi connectivity index (χ1n) is 8.60. The van der Waals surface area contributed by atoms with Gasteiger partial charge in [0.25, 0.3) is 0 Å². The third-order valence-corrected chi connectivity index (χ3v) is 7.09. The number of hydrogen-bond donors (Lipinski definition) is 0. The van der Waals surface area contributed by atoms with Crippen molar-refractivity contribution in [2.45, 2.75) is 49.5 Å². The lowest BCUT2D eigenvalue weighted by Crippen LogP contribution is -2.48. The Balaban J connectivity index is 1.73. The number of ketones is 1. The molecule has 1 aliphatic carbocycles. The number of Topliss-reactive ketones (excluding diaryl/α,β-unsaturated/α-hetero) is 1. The predicted octanol–water partition coefficient (Wildman–Crippen LogP) is 2.68. The highest BCUT2D eigenvalue weighted by molar-refractivity contribution is 7.91. The van der Waals surface area contributed by atoms with E-state index in [1.165, 1.54) is 0 Å². The number of rotatable bonds is 4. The summed E-state index contributed by atoms with van der Waals surface area (Å²) in [4.78, 5) is 14.3. The molecule has 1 aromatic rings. The Bertz CT molecular complexity index is 631. The minimum absolute atomic E-state index is 0.183. The lowest BCUT2D eigenvalue weighted by atomic mass is 9.84. The molecular formula is C18H25NO3S. The molecule has 0 spiro atoms. The van der Waals surface area contributed by atoms with Crippen LogP contribution in [0.2, 0.25) is 0 Å². The number of piperidine rings is 1. The molecule has 0 N–H and O–H groups in total. The zero-order valence-electron chi connectivity index (χ0n) is 13.5. The summed E-state index contributed by atoms with van der Waals surface area (Å²) in [6, 6.07) is 9.09. The van der Waals surface area contributed by atoms with Crippen molar-refractivity contribution in [2.75, 3.05) is 18.8 Å². The van der Waals surface area contributed by atoms with E-state index < -0.39 is 9.84 Å². The first kappa shape index (κ1) is 16.7. The van der Waals surface area contributed by atoms with Crippen LogP contribution in [-0.2, 0) is 14.6 Å². The molecule has 5 heteroatoms. The van der Waals surface area contributed by atoms with Crippen LogP contribution in [0.5, 0.6) is 0 Å². The monoisotopic (exact) mass is 335 g/mol. The van der Waals surface area contributed by atoms with E-state index in [1.807, 2.05) is 6.07 Å². The summed E-state index contributed by atoms with van der Waals surface area (Å²) in [5.74, 6) is 0.749. The number of carbonyl (C=O) groups is 1. The molecule has 0 bridgehead atoms. The molecule has 2 fully saturated rings. The number of sulfone groups is 1. The van der Waals surface area contributed by atoms with E-state index in [0.717, 1.165) is 38.8 Å². The molecule has 1 heterocycles. The Labute approximate surface area is 138 Å². The zero-order chi connectivity index (χ0) is 16.3. The van der Waals surface area contributed by atoms with Crippen LogP contribution in [0, 0.1) is 5.92 Å². The van der Waals surface area contributed by atoms with Crippen LogP contribution < -0.4 is 0 Å². The molecule has 2 atom stereocenters. The standard InChI is InChI=1S/C18H25NO3S/c20-16-10-12-19(13-11-16)18-9-5-4-6-15(18)14-23(21,22)17-7-2-1-3-8-17/h1-3,7-8,15,18H,4-6,9-14H2/t15-,18-/m1/s1. The lowest BCUT2D eigenvalue weighted by molar-refractivity contribution is -0.122. The second-order valence-electron chi connectivity index (χ2n) is 6.78. The van der Waals surface area contributed by atoms with Crippen molar-refractivity contribution in [3.05, 3.63) is 30.3 Å². The second-order valence-corrected chi connectivity index (χ2v) is 8.82. The van der Waals surface area contributed by atoms with E-state index in [0.29, 0.717) is 29.6 Å². The first-order valence-corrected chi connectivity index (χ1v) is 10.2. The SMILES string of the molecule is O=C1CCN([C@@H]2CCCC[C@@H]2CS(=O)(=O)c2ccccc2)CC1. The third-order valence-electron chi connectivity index (χ3n) is 5.23. The fourth-order valence-corrected chi connectivity index (χ4v) is 5.69. The fraction of sp³-hybridized carbons (Fsp3) is 0.611. The summed E-state index contributed by atoms with van der Waals surface area (Å²) in [5, 5.41) is 0. The molecule has 0 amide bonds. The molecule has 0 unspecified atom stereocenters. The maximum Gasteiger partial charge on any atom is 0.178 e. The van der Waals surface area contributed by atoms with Crippen LogP contribution in [0.25, 0.3) is 0 Å². The van der Waals surface area contributed by atoms with Gasteiger partial charge in [0.15, 0.2) is 9.84 Å². The maximum atomic E-state index is 12.7. The molecule has 126 valence electrons. The largest absolute Gasteiger partial charge is 0.300 e. The van der Waals surface area contributed by atoms with Crippen molar-refractivity contribution >= 4 is 15.6 Å². The van der Waals surface area contributed by atoms with Crippen molar-refractivity contribution in [3.63, 3.8) is 0 Å². The number of likely N-dealkylation sites (tertiary alicyclic amines) is 1. The van der Waals surface area contributed by atoms with Crippen LogP contribution in [0.1, 0.15) is 38.5 Å². The molecule has 1 aromatic carbocycles. The summed E-state index contributed by atoms with van der Waals surface area (Å²) < 4.78 is 25.4. The summed E-state index contributed by atoms with van der Waals surface area (Å²) in [7, 11) is -3.24. The van der Waals surface area contributed by atoms with Crippen LogP contribution in [0.4, 0.5) is 0 Å². The van der Waals surface area contributed by atoms with Gasteiger partial charge in [0.1, 0.15) is 5.78 Å². The molecule has 0 aromatic heterocycles. The van der Waals surface area contributed by atoms with Crippen molar-refractivity contribution in [2.24, 2.45) is 5.92 Å². The molecule has 23 heavy (non-hydrogen) atoms. The molecule has 1 saturated heterocycles. The van der Waals surface area contributed by atoms with Crippen molar-refractivity contribution in [1.82, 2.24) is 4.90 Å². The van der Waals surface area contributed by atoms with E-state index in [2.05, 4.69) is 4.90 Å². The van der Waals surface area contributed by atoms with Gasteiger partial charge in [-0.1, -0.05) is 31.0 Å². The fourth-order valence-electron chi connectivity index (χ4n) is 3.97. The van der Waals surface area contributed by atoms with E-state index in [4.69, 9.17) is 0 Å². The van der Waals surface area contributed by atoms with Crippen molar-refractivity contribution < 1.29 is 13.2 Å². The Kier molecular flexibility index (Phi) is 5.17. The number of carbonyl (C=O) groups excluding carboxylic acids is 1. The minimum Gasteiger partial charge on any atom is -0.300 e. The number of hydrogen-bond acceptors (Lipinski definition) is 4. The summed E-state index contributed by atoms with van der Waals surface area (Å²) in [6.07, 6.45) is 5.54. The Hall–Kier alpha value is -1.20. The van der Waals surface area contributed by atoms with Gasteiger partial charge in [0.05, 0.1) is 10.6 Å². The molecule has 0 radical (unpaired) electrons. The van der Waals surface area contributed by atoms with Crippen LogP contribution in [-0.4, -0.2) is 44.0 Å². The van der Waals surface area contributed by atoms with Crippen LogP contribution >= 0.6 is 0 Å². The van der Waals surface area contributed by atoms with E-state index >= 15 is 0 Å². The molecule has 1 aliphatic heterocycles. The van der Waals surface area contributed by atoms with Gasteiger partial charge in [-0.2, -0.15) is 0 Å². The van der Waals surface area contributed by atoms with Gasteiger partial charge in [-0.05, 0) is 30.9 Å². The number of benzene rings is 1.